The molecule has 1 saturated heterocycles. The Bertz CT molecular complexity index is 393. The van der Waals surface area contributed by atoms with Gasteiger partial charge in [0.2, 0.25) is 10.0 Å². The minimum absolute atomic E-state index is 0.0671. The van der Waals surface area contributed by atoms with Crippen molar-refractivity contribution < 1.29 is 21.6 Å². The summed E-state index contributed by atoms with van der Waals surface area (Å²) < 4.78 is 62.2. The number of alkyl halides is 3. The smallest absolute Gasteiger partial charge is 0.317 e. The fourth-order valence-corrected chi connectivity index (χ4v) is 3.81. The standard InChI is InChI=1S/C12H24F3N3O2S/c1-2-16-5-3-4-10-21(19,20)18-8-6-17(7-9-18)11-12(13,14)15/h16H,2-11H2,1H3. The highest BCUT2D eigenvalue weighted by molar-refractivity contribution is 7.89. The molecule has 126 valence electrons. The second-order valence-corrected chi connectivity index (χ2v) is 7.26. The zero-order valence-electron chi connectivity index (χ0n) is 12.3. The molecule has 5 nitrogen and oxygen atoms in total. The molecule has 0 spiro atoms. The topological polar surface area (TPSA) is 52.7 Å². The Hall–Kier alpha value is -0.380. The van der Waals surface area contributed by atoms with E-state index in [9.17, 15) is 21.6 Å². The molecule has 0 bridgehead atoms. The average Bonchev–Trinajstić information content (AvgIpc) is 2.37. The van der Waals surface area contributed by atoms with E-state index < -0.39 is 22.7 Å². The summed E-state index contributed by atoms with van der Waals surface area (Å²) in [5.74, 6) is 0.0671. The summed E-state index contributed by atoms with van der Waals surface area (Å²) in [6.07, 6.45) is -2.88. The Kier molecular flexibility index (Phi) is 7.38. The third kappa shape index (κ3) is 7.44. The summed E-state index contributed by atoms with van der Waals surface area (Å²) in [4.78, 5) is 1.25. The van der Waals surface area contributed by atoms with Crippen molar-refractivity contribution in [1.82, 2.24) is 14.5 Å². The van der Waals surface area contributed by atoms with Crippen LogP contribution in [-0.2, 0) is 10.0 Å². The van der Waals surface area contributed by atoms with Crippen molar-refractivity contribution in [2.75, 3.05) is 51.6 Å². The monoisotopic (exact) mass is 331 g/mol. The van der Waals surface area contributed by atoms with Crippen molar-refractivity contribution in [2.24, 2.45) is 0 Å². The van der Waals surface area contributed by atoms with Crippen LogP contribution in [0.25, 0.3) is 0 Å². The van der Waals surface area contributed by atoms with Crippen LogP contribution in [0.3, 0.4) is 0 Å². The molecule has 0 aliphatic carbocycles. The Morgan fingerprint density at radius 1 is 1.10 bits per heavy atom. The van der Waals surface area contributed by atoms with Gasteiger partial charge in [-0.2, -0.15) is 17.5 Å². The number of hydrogen-bond donors (Lipinski definition) is 1. The number of sulfonamides is 1. The van der Waals surface area contributed by atoms with Crippen LogP contribution in [0.4, 0.5) is 13.2 Å². The first-order valence-corrected chi connectivity index (χ1v) is 8.83. The second kappa shape index (κ2) is 8.30. The van der Waals surface area contributed by atoms with Gasteiger partial charge in [-0.05, 0) is 25.9 Å². The molecule has 1 N–H and O–H groups in total. The molecular weight excluding hydrogens is 307 g/mol. The molecule has 0 amide bonds. The van der Waals surface area contributed by atoms with Crippen LogP contribution in [0.1, 0.15) is 19.8 Å². The van der Waals surface area contributed by atoms with Crippen molar-refractivity contribution in [3.63, 3.8) is 0 Å². The number of piperazine rings is 1. The van der Waals surface area contributed by atoms with Crippen LogP contribution in [0.5, 0.6) is 0 Å². The van der Waals surface area contributed by atoms with Gasteiger partial charge >= 0.3 is 6.18 Å². The molecule has 1 fully saturated rings. The highest BCUT2D eigenvalue weighted by Crippen LogP contribution is 2.18. The first kappa shape index (κ1) is 18.7. The third-order valence-corrected chi connectivity index (χ3v) is 5.34. The maximum Gasteiger partial charge on any atom is 0.401 e. The van der Waals surface area contributed by atoms with E-state index in [1.54, 1.807) is 0 Å². The molecule has 0 radical (unpaired) electrons. The van der Waals surface area contributed by atoms with Gasteiger partial charge in [-0.15, -0.1) is 0 Å². The van der Waals surface area contributed by atoms with Gasteiger partial charge in [-0.1, -0.05) is 6.92 Å². The number of rotatable bonds is 8. The van der Waals surface area contributed by atoms with Crippen LogP contribution >= 0.6 is 0 Å². The Balaban J connectivity index is 2.31. The summed E-state index contributed by atoms with van der Waals surface area (Å²) >= 11 is 0. The first-order chi connectivity index (χ1) is 9.74. The van der Waals surface area contributed by atoms with E-state index in [2.05, 4.69) is 5.32 Å². The summed E-state index contributed by atoms with van der Waals surface area (Å²) in [6.45, 7) is 3.21. The van der Waals surface area contributed by atoms with Crippen molar-refractivity contribution in [2.45, 2.75) is 25.9 Å². The SMILES string of the molecule is CCNCCCCS(=O)(=O)N1CCN(CC(F)(F)F)CC1. The predicted octanol–water partition coefficient (Wildman–Crippen LogP) is 0.886. The quantitative estimate of drug-likeness (QED) is 0.671. The summed E-state index contributed by atoms with van der Waals surface area (Å²) in [7, 11) is -3.34. The normalized spacial score (nSPS) is 19.0. The van der Waals surface area contributed by atoms with E-state index in [1.165, 1.54) is 9.21 Å². The molecule has 0 aromatic rings. The summed E-state index contributed by atoms with van der Waals surface area (Å²) in [6, 6.07) is 0. The molecule has 0 aromatic carbocycles. The molecule has 1 aliphatic heterocycles. The highest BCUT2D eigenvalue weighted by atomic mass is 32.2. The van der Waals surface area contributed by atoms with Gasteiger partial charge in [0.25, 0.3) is 0 Å². The van der Waals surface area contributed by atoms with Crippen molar-refractivity contribution in [3.05, 3.63) is 0 Å². The van der Waals surface area contributed by atoms with Crippen molar-refractivity contribution >= 4 is 10.0 Å². The Morgan fingerprint density at radius 3 is 2.24 bits per heavy atom. The number of halogens is 3. The minimum Gasteiger partial charge on any atom is -0.317 e. The fourth-order valence-electron chi connectivity index (χ4n) is 2.26. The predicted molar refractivity (Wildman–Crippen MR) is 75.6 cm³/mol. The van der Waals surface area contributed by atoms with Crippen LogP contribution < -0.4 is 5.32 Å². The lowest BCUT2D eigenvalue weighted by Gasteiger charge is -2.34. The van der Waals surface area contributed by atoms with Crippen molar-refractivity contribution in [3.8, 4) is 0 Å². The molecule has 21 heavy (non-hydrogen) atoms. The zero-order valence-corrected chi connectivity index (χ0v) is 13.1. The van der Waals surface area contributed by atoms with Gasteiger partial charge in [0.05, 0.1) is 12.3 Å². The van der Waals surface area contributed by atoms with E-state index in [0.717, 1.165) is 19.5 Å². The van der Waals surface area contributed by atoms with Gasteiger partial charge in [-0.25, -0.2) is 8.42 Å². The van der Waals surface area contributed by atoms with Gasteiger partial charge in [0.1, 0.15) is 0 Å². The van der Waals surface area contributed by atoms with E-state index in [4.69, 9.17) is 0 Å². The lowest BCUT2D eigenvalue weighted by Crippen LogP contribution is -2.51. The number of unbranched alkanes of at least 4 members (excludes halogenated alkanes) is 1. The maximum atomic E-state index is 12.3. The van der Waals surface area contributed by atoms with Gasteiger partial charge < -0.3 is 5.32 Å². The summed E-state index contributed by atoms with van der Waals surface area (Å²) in [5, 5.41) is 3.12. The van der Waals surface area contributed by atoms with E-state index in [-0.39, 0.29) is 31.9 Å². The van der Waals surface area contributed by atoms with E-state index >= 15 is 0 Å². The molecule has 0 aromatic heterocycles. The summed E-state index contributed by atoms with van der Waals surface area (Å²) in [5.41, 5.74) is 0. The molecular formula is C12H24F3N3O2S. The second-order valence-electron chi connectivity index (χ2n) is 5.17. The highest BCUT2D eigenvalue weighted by Gasteiger charge is 2.34. The van der Waals surface area contributed by atoms with Crippen LogP contribution in [0, 0.1) is 0 Å². The Labute approximate surface area is 124 Å². The van der Waals surface area contributed by atoms with E-state index in [0.29, 0.717) is 6.42 Å². The Morgan fingerprint density at radius 2 is 1.71 bits per heavy atom. The molecule has 0 saturated carbocycles. The lowest BCUT2D eigenvalue weighted by atomic mass is 10.3. The fraction of sp³-hybridized carbons (Fsp3) is 1.00. The molecule has 0 atom stereocenters. The van der Waals surface area contributed by atoms with Crippen LogP contribution in [0.15, 0.2) is 0 Å². The average molecular weight is 331 g/mol. The van der Waals surface area contributed by atoms with Gasteiger partial charge in [0.15, 0.2) is 0 Å². The molecule has 1 aliphatic rings. The molecule has 1 heterocycles. The van der Waals surface area contributed by atoms with Gasteiger partial charge in [-0.3, -0.25) is 4.90 Å². The van der Waals surface area contributed by atoms with Crippen LogP contribution in [0.2, 0.25) is 0 Å². The molecule has 9 heteroatoms. The largest absolute Gasteiger partial charge is 0.401 e. The molecule has 1 rings (SSSR count). The number of hydrogen-bond acceptors (Lipinski definition) is 4. The zero-order chi connectivity index (χ0) is 15.9. The third-order valence-electron chi connectivity index (χ3n) is 3.38. The number of nitrogens with zero attached hydrogens (tertiary/aromatic N) is 2. The van der Waals surface area contributed by atoms with Gasteiger partial charge in [0, 0.05) is 26.2 Å². The lowest BCUT2D eigenvalue weighted by molar-refractivity contribution is -0.148. The maximum absolute atomic E-state index is 12.3. The van der Waals surface area contributed by atoms with Crippen molar-refractivity contribution in [1.29, 1.82) is 0 Å². The molecule has 0 unspecified atom stereocenters. The van der Waals surface area contributed by atoms with E-state index in [1.807, 2.05) is 6.92 Å². The number of nitrogens with one attached hydrogen (secondary N) is 1. The first-order valence-electron chi connectivity index (χ1n) is 7.22. The minimum atomic E-state index is -4.23. The van der Waals surface area contributed by atoms with Crippen LogP contribution in [-0.4, -0.2) is 75.4 Å².